The lowest BCUT2D eigenvalue weighted by Gasteiger charge is -2.45. The number of fused-ring (bicyclic) bond motifs is 1. The molecule has 3 aromatic carbocycles. The Bertz CT molecular complexity index is 1190. The highest BCUT2D eigenvalue weighted by Gasteiger charge is 2.43. The molecule has 3 aliphatic carbocycles. The van der Waals surface area contributed by atoms with Gasteiger partial charge in [0.2, 0.25) is 10.0 Å². The van der Waals surface area contributed by atoms with Crippen LogP contribution < -0.4 is 14.2 Å². The van der Waals surface area contributed by atoms with Gasteiger partial charge < -0.3 is 9.47 Å². The number of ether oxygens (including phenoxy) is 2. The predicted octanol–water partition coefficient (Wildman–Crippen LogP) is 4.28. The Labute approximate surface area is 183 Å². The third-order valence-electron chi connectivity index (χ3n) is 6.62. The average Bonchev–Trinajstić information content (AvgIpc) is 2.82. The van der Waals surface area contributed by atoms with Gasteiger partial charge in [0.05, 0.1) is 14.2 Å². The zero-order chi connectivity index (χ0) is 21.6. The standard InChI is InChI=1S/C25H25NO4S/c1-29-17-11-12-24(23(14-17)30-2)31(27,28)26-15-16-13-22-18-7-3-5-9-20(18)25(16)21-10-6-4-8-19(21)22/h3-12,14,16,22,25-26H,13,15H2,1-2H3. The summed E-state index contributed by atoms with van der Waals surface area (Å²) in [7, 11) is -0.733. The minimum atomic E-state index is -3.73. The Kier molecular flexibility index (Phi) is 4.99. The summed E-state index contributed by atoms with van der Waals surface area (Å²) in [5.74, 6) is 1.51. The summed E-state index contributed by atoms with van der Waals surface area (Å²) in [6.07, 6.45) is 0.932. The quantitative estimate of drug-likeness (QED) is 0.628. The van der Waals surface area contributed by atoms with Crippen LogP contribution in [0.2, 0.25) is 0 Å². The number of nitrogens with one attached hydrogen (secondary N) is 1. The highest BCUT2D eigenvalue weighted by molar-refractivity contribution is 7.89. The summed E-state index contributed by atoms with van der Waals surface area (Å²) in [4.78, 5) is 0.123. The van der Waals surface area contributed by atoms with Gasteiger partial charge in [0.15, 0.2) is 0 Å². The molecule has 160 valence electrons. The normalized spacial score (nSPS) is 21.3. The molecule has 0 spiro atoms. The second-order valence-corrected chi connectivity index (χ2v) is 9.89. The van der Waals surface area contributed by atoms with E-state index in [1.807, 2.05) is 0 Å². The summed E-state index contributed by atoms with van der Waals surface area (Å²) in [5, 5.41) is 0. The molecule has 3 aromatic rings. The van der Waals surface area contributed by atoms with E-state index in [0.717, 1.165) is 6.42 Å². The minimum Gasteiger partial charge on any atom is -0.497 e. The molecule has 0 saturated carbocycles. The van der Waals surface area contributed by atoms with Crippen LogP contribution in [0.25, 0.3) is 0 Å². The highest BCUT2D eigenvalue weighted by Crippen LogP contribution is 2.55. The van der Waals surface area contributed by atoms with E-state index in [0.29, 0.717) is 18.2 Å². The minimum absolute atomic E-state index is 0.123. The second-order valence-electron chi connectivity index (χ2n) is 8.15. The molecule has 6 heteroatoms. The SMILES string of the molecule is COc1ccc(S(=O)(=O)NCC2CC3c4ccccc4C2c2ccccc23)c(OC)c1. The molecule has 0 aromatic heterocycles. The van der Waals surface area contributed by atoms with Crippen LogP contribution in [0.1, 0.15) is 40.5 Å². The molecule has 0 amide bonds. The van der Waals surface area contributed by atoms with Crippen molar-refractivity contribution < 1.29 is 17.9 Å². The van der Waals surface area contributed by atoms with Crippen LogP contribution in [0, 0.1) is 5.92 Å². The van der Waals surface area contributed by atoms with E-state index in [1.165, 1.54) is 42.5 Å². The van der Waals surface area contributed by atoms with Crippen molar-refractivity contribution in [1.29, 1.82) is 0 Å². The van der Waals surface area contributed by atoms with E-state index in [9.17, 15) is 8.42 Å². The number of methoxy groups -OCH3 is 2. The molecular weight excluding hydrogens is 410 g/mol. The third kappa shape index (κ3) is 3.30. The number of hydrogen-bond donors (Lipinski definition) is 1. The van der Waals surface area contributed by atoms with Crippen LogP contribution in [-0.4, -0.2) is 29.2 Å². The highest BCUT2D eigenvalue weighted by atomic mass is 32.2. The maximum atomic E-state index is 13.1. The van der Waals surface area contributed by atoms with E-state index < -0.39 is 10.0 Å². The van der Waals surface area contributed by atoms with Gasteiger partial charge in [0.25, 0.3) is 0 Å². The van der Waals surface area contributed by atoms with Crippen LogP contribution >= 0.6 is 0 Å². The first kappa shape index (κ1) is 20.1. The van der Waals surface area contributed by atoms with Gasteiger partial charge in [-0.1, -0.05) is 48.5 Å². The van der Waals surface area contributed by atoms with Crippen LogP contribution in [0.15, 0.2) is 71.6 Å². The largest absolute Gasteiger partial charge is 0.497 e. The summed E-state index contributed by atoms with van der Waals surface area (Å²) in [6, 6.07) is 21.9. The van der Waals surface area contributed by atoms with Gasteiger partial charge >= 0.3 is 0 Å². The lowest BCUT2D eigenvalue weighted by Crippen LogP contribution is -2.39. The fraction of sp³-hybridized carbons (Fsp3) is 0.280. The van der Waals surface area contributed by atoms with E-state index in [-0.39, 0.29) is 22.5 Å². The third-order valence-corrected chi connectivity index (χ3v) is 8.08. The number of hydrogen-bond acceptors (Lipinski definition) is 4. The van der Waals surface area contributed by atoms with Crippen LogP contribution in [0.4, 0.5) is 0 Å². The summed E-state index contributed by atoms with van der Waals surface area (Å²) in [6.45, 7) is 0.376. The van der Waals surface area contributed by atoms with Crippen molar-refractivity contribution in [2.45, 2.75) is 23.2 Å². The molecule has 0 fully saturated rings. The first-order valence-corrected chi connectivity index (χ1v) is 11.9. The molecule has 0 radical (unpaired) electrons. The first-order valence-electron chi connectivity index (χ1n) is 10.4. The smallest absolute Gasteiger partial charge is 0.244 e. The van der Waals surface area contributed by atoms with E-state index in [4.69, 9.17) is 9.47 Å². The molecule has 1 unspecified atom stereocenters. The number of sulfonamides is 1. The molecule has 0 aliphatic heterocycles. The fourth-order valence-electron chi connectivity index (χ4n) is 5.25. The zero-order valence-corrected chi connectivity index (χ0v) is 18.4. The van der Waals surface area contributed by atoms with Gasteiger partial charge in [-0.3, -0.25) is 0 Å². The summed E-state index contributed by atoms with van der Waals surface area (Å²) < 4.78 is 39.6. The molecule has 5 nitrogen and oxygen atoms in total. The van der Waals surface area contributed by atoms with Crippen molar-refractivity contribution in [3.05, 3.63) is 89.0 Å². The maximum Gasteiger partial charge on any atom is 0.244 e. The van der Waals surface area contributed by atoms with Gasteiger partial charge in [-0.15, -0.1) is 0 Å². The molecule has 0 heterocycles. The van der Waals surface area contributed by atoms with Gasteiger partial charge in [-0.2, -0.15) is 0 Å². The summed E-state index contributed by atoms with van der Waals surface area (Å²) in [5.41, 5.74) is 5.40. The van der Waals surface area contributed by atoms with Crippen molar-refractivity contribution in [3.8, 4) is 11.5 Å². The van der Waals surface area contributed by atoms with Crippen LogP contribution in [-0.2, 0) is 10.0 Å². The molecular formula is C25H25NO4S. The summed E-state index contributed by atoms with van der Waals surface area (Å²) >= 11 is 0. The Hall–Kier alpha value is -2.83. The van der Waals surface area contributed by atoms with E-state index in [1.54, 1.807) is 12.1 Å². The van der Waals surface area contributed by atoms with Gasteiger partial charge in [0.1, 0.15) is 16.4 Å². The van der Waals surface area contributed by atoms with E-state index in [2.05, 4.69) is 53.3 Å². The molecule has 2 bridgehead atoms. The van der Waals surface area contributed by atoms with Crippen molar-refractivity contribution in [2.24, 2.45) is 5.92 Å². The molecule has 6 rings (SSSR count). The molecule has 1 N–H and O–H groups in total. The number of benzene rings is 3. The fourth-order valence-corrected chi connectivity index (χ4v) is 6.49. The van der Waals surface area contributed by atoms with Crippen molar-refractivity contribution >= 4 is 10.0 Å². The lowest BCUT2D eigenvalue weighted by molar-refractivity contribution is 0.354. The Morgan fingerprint density at radius 1 is 0.871 bits per heavy atom. The van der Waals surface area contributed by atoms with Crippen molar-refractivity contribution in [3.63, 3.8) is 0 Å². The Morgan fingerprint density at radius 3 is 2.06 bits per heavy atom. The molecule has 0 saturated heterocycles. The van der Waals surface area contributed by atoms with Gasteiger partial charge in [-0.25, -0.2) is 13.1 Å². The molecule has 1 atom stereocenters. The van der Waals surface area contributed by atoms with Crippen molar-refractivity contribution in [1.82, 2.24) is 4.72 Å². The Morgan fingerprint density at radius 2 is 1.48 bits per heavy atom. The first-order chi connectivity index (χ1) is 15.0. The topological polar surface area (TPSA) is 64.6 Å². The van der Waals surface area contributed by atoms with Crippen LogP contribution in [0.3, 0.4) is 0 Å². The lowest BCUT2D eigenvalue weighted by atomic mass is 9.59. The monoisotopic (exact) mass is 435 g/mol. The average molecular weight is 436 g/mol. The second kappa shape index (κ2) is 7.70. The predicted molar refractivity (Wildman–Crippen MR) is 119 cm³/mol. The van der Waals surface area contributed by atoms with Gasteiger partial charge in [0, 0.05) is 24.4 Å². The maximum absolute atomic E-state index is 13.1. The molecule has 31 heavy (non-hydrogen) atoms. The van der Waals surface area contributed by atoms with Gasteiger partial charge in [-0.05, 0) is 46.7 Å². The van der Waals surface area contributed by atoms with E-state index >= 15 is 0 Å². The zero-order valence-electron chi connectivity index (χ0n) is 17.5. The number of rotatable bonds is 6. The molecule has 3 aliphatic rings. The Balaban J connectivity index is 1.45. The van der Waals surface area contributed by atoms with Crippen LogP contribution in [0.5, 0.6) is 11.5 Å². The van der Waals surface area contributed by atoms with Crippen molar-refractivity contribution in [2.75, 3.05) is 20.8 Å².